The average molecular weight is 297 g/mol. The maximum absolute atomic E-state index is 5.29. The van der Waals surface area contributed by atoms with Crippen molar-refractivity contribution in [3.8, 4) is 22.8 Å². The normalized spacial score (nSPS) is 10.8. The maximum atomic E-state index is 5.29. The second kappa shape index (κ2) is 5.57. The van der Waals surface area contributed by atoms with Crippen molar-refractivity contribution in [1.82, 2.24) is 24.7 Å². The van der Waals surface area contributed by atoms with E-state index in [1.54, 1.807) is 17.1 Å². The minimum atomic E-state index is 0.537. The molecule has 0 fully saturated rings. The average Bonchev–Trinajstić information content (AvgIpc) is 2.93. The van der Waals surface area contributed by atoms with Crippen LogP contribution in [0.4, 0.5) is 0 Å². The first kappa shape index (κ1) is 13.6. The summed E-state index contributed by atoms with van der Waals surface area (Å²) in [5.41, 5.74) is 3.85. The molecule has 21 heavy (non-hydrogen) atoms. The van der Waals surface area contributed by atoms with Crippen molar-refractivity contribution >= 4 is 12.2 Å². The molecular weight excluding hydrogens is 282 g/mol. The molecule has 6 heteroatoms. The predicted octanol–water partition coefficient (Wildman–Crippen LogP) is 3.16. The van der Waals surface area contributed by atoms with E-state index in [-0.39, 0.29) is 0 Å². The fourth-order valence-electron chi connectivity index (χ4n) is 2.22. The molecule has 0 aliphatic heterocycles. The van der Waals surface area contributed by atoms with E-state index in [1.807, 2.05) is 25.4 Å². The third kappa shape index (κ3) is 2.75. The number of aryl methyl sites for hydroxylation is 2. The number of hydrogen-bond donors (Lipinski definition) is 1. The highest BCUT2D eigenvalue weighted by Crippen LogP contribution is 2.22. The molecule has 0 bridgehead atoms. The zero-order valence-corrected chi connectivity index (χ0v) is 12.7. The summed E-state index contributed by atoms with van der Waals surface area (Å²) in [7, 11) is 1.88. The van der Waals surface area contributed by atoms with Gasteiger partial charge in [-0.2, -0.15) is 5.10 Å². The Hall–Kier alpha value is -2.34. The number of nitrogens with zero attached hydrogens (tertiary/aromatic N) is 4. The quantitative estimate of drug-likeness (QED) is 0.754. The molecular formula is C15H15N5S. The van der Waals surface area contributed by atoms with Gasteiger partial charge in [0.05, 0.1) is 11.9 Å². The lowest BCUT2D eigenvalue weighted by atomic mass is 10.1. The first-order valence-corrected chi connectivity index (χ1v) is 7.13. The topological polar surface area (TPSA) is 59.4 Å². The van der Waals surface area contributed by atoms with Crippen molar-refractivity contribution in [2.75, 3.05) is 0 Å². The number of rotatable bonds is 3. The van der Waals surface area contributed by atoms with Crippen LogP contribution < -0.4 is 0 Å². The highest BCUT2D eigenvalue weighted by Gasteiger charge is 2.10. The van der Waals surface area contributed by atoms with E-state index in [1.165, 1.54) is 0 Å². The number of H-pyrrole nitrogens is 1. The molecule has 5 nitrogen and oxygen atoms in total. The number of pyridine rings is 1. The standard InChI is InChI=1S/C15H15N5S/c1-3-10-5-4-6-16-14(10)15-18-12(7-13(21)19-15)11-8-17-20(2)9-11/h4-9H,3H2,1-2H3,(H,18,19,21). The molecule has 0 atom stereocenters. The predicted molar refractivity (Wildman–Crippen MR) is 84.2 cm³/mol. The monoisotopic (exact) mass is 297 g/mol. The van der Waals surface area contributed by atoms with E-state index in [2.05, 4.69) is 33.0 Å². The second-order valence-corrected chi connectivity index (χ2v) is 5.17. The molecule has 106 valence electrons. The molecule has 1 N–H and O–H groups in total. The van der Waals surface area contributed by atoms with Gasteiger partial charge < -0.3 is 4.98 Å². The Morgan fingerprint density at radius 2 is 2.24 bits per heavy atom. The number of hydrogen-bond acceptors (Lipinski definition) is 4. The summed E-state index contributed by atoms with van der Waals surface area (Å²) >= 11 is 5.29. The van der Waals surface area contributed by atoms with Crippen LogP contribution in [0.5, 0.6) is 0 Å². The molecule has 3 aromatic heterocycles. The summed E-state index contributed by atoms with van der Waals surface area (Å²) in [5.74, 6) is 0.693. The molecule has 3 heterocycles. The van der Waals surface area contributed by atoms with Gasteiger partial charge in [0, 0.05) is 25.0 Å². The van der Waals surface area contributed by atoms with E-state index in [9.17, 15) is 0 Å². The number of aromatic amines is 1. The van der Waals surface area contributed by atoms with E-state index in [4.69, 9.17) is 12.2 Å². The van der Waals surface area contributed by atoms with Crippen LogP contribution in [0.25, 0.3) is 22.8 Å². The minimum absolute atomic E-state index is 0.537. The van der Waals surface area contributed by atoms with Crippen LogP contribution in [-0.2, 0) is 13.5 Å². The van der Waals surface area contributed by atoms with Gasteiger partial charge in [0.2, 0.25) is 0 Å². The third-order valence-electron chi connectivity index (χ3n) is 3.26. The fraction of sp³-hybridized carbons (Fsp3) is 0.200. The van der Waals surface area contributed by atoms with Gasteiger partial charge in [0.1, 0.15) is 10.3 Å². The smallest absolute Gasteiger partial charge is 0.158 e. The van der Waals surface area contributed by atoms with Crippen molar-refractivity contribution < 1.29 is 0 Å². The SMILES string of the molecule is CCc1cccnc1-c1nc(=S)cc(-c2cnn(C)c2)[nH]1. The van der Waals surface area contributed by atoms with Crippen LogP contribution in [0.3, 0.4) is 0 Å². The van der Waals surface area contributed by atoms with Gasteiger partial charge in [0.25, 0.3) is 0 Å². The van der Waals surface area contributed by atoms with Crippen LogP contribution in [0.2, 0.25) is 0 Å². The maximum Gasteiger partial charge on any atom is 0.158 e. The first-order valence-electron chi connectivity index (χ1n) is 6.72. The van der Waals surface area contributed by atoms with Crippen molar-refractivity contribution in [2.45, 2.75) is 13.3 Å². The molecule has 3 rings (SSSR count). The number of nitrogens with one attached hydrogen (secondary N) is 1. The Balaban J connectivity index is 2.16. The molecule has 0 amide bonds. The Kier molecular flexibility index (Phi) is 3.62. The first-order chi connectivity index (χ1) is 10.2. The second-order valence-electron chi connectivity index (χ2n) is 4.75. The van der Waals surface area contributed by atoms with Gasteiger partial charge in [-0.1, -0.05) is 25.2 Å². The molecule has 0 aliphatic carbocycles. The summed E-state index contributed by atoms with van der Waals surface area (Å²) in [6.07, 6.45) is 6.39. The van der Waals surface area contributed by atoms with Crippen molar-refractivity contribution in [1.29, 1.82) is 0 Å². The molecule has 3 aromatic rings. The highest BCUT2D eigenvalue weighted by atomic mass is 32.1. The Bertz CT molecular complexity index is 834. The molecule has 0 unspecified atom stereocenters. The summed E-state index contributed by atoms with van der Waals surface area (Å²) in [5, 5.41) is 4.19. The van der Waals surface area contributed by atoms with Gasteiger partial charge in [-0.05, 0) is 24.1 Å². The highest BCUT2D eigenvalue weighted by molar-refractivity contribution is 7.71. The third-order valence-corrected chi connectivity index (χ3v) is 3.46. The van der Waals surface area contributed by atoms with Crippen molar-refractivity contribution in [3.05, 3.63) is 47.0 Å². The van der Waals surface area contributed by atoms with Crippen LogP contribution in [0.15, 0.2) is 36.8 Å². The zero-order valence-electron chi connectivity index (χ0n) is 11.9. The van der Waals surface area contributed by atoms with Crippen LogP contribution in [0, 0.1) is 4.64 Å². The lowest BCUT2D eigenvalue weighted by molar-refractivity contribution is 0.768. The molecule has 0 saturated heterocycles. The lowest BCUT2D eigenvalue weighted by Crippen LogP contribution is -1.98. The fourth-order valence-corrected chi connectivity index (χ4v) is 2.43. The minimum Gasteiger partial charge on any atom is -0.338 e. The van der Waals surface area contributed by atoms with Crippen molar-refractivity contribution in [2.24, 2.45) is 7.05 Å². The molecule has 0 aromatic carbocycles. The summed E-state index contributed by atoms with van der Waals surface area (Å²) < 4.78 is 2.29. The largest absolute Gasteiger partial charge is 0.338 e. The zero-order chi connectivity index (χ0) is 14.8. The molecule has 0 saturated carbocycles. The van der Waals surface area contributed by atoms with Gasteiger partial charge in [0.15, 0.2) is 5.82 Å². The van der Waals surface area contributed by atoms with Crippen molar-refractivity contribution in [3.63, 3.8) is 0 Å². The van der Waals surface area contributed by atoms with Crippen LogP contribution >= 0.6 is 12.2 Å². The summed E-state index contributed by atoms with van der Waals surface area (Å²) in [4.78, 5) is 12.2. The summed E-state index contributed by atoms with van der Waals surface area (Å²) in [6.45, 7) is 2.10. The lowest BCUT2D eigenvalue weighted by Gasteiger charge is -2.07. The van der Waals surface area contributed by atoms with E-state index >= 15 is 0 Å². The van der Waals surface area contributed by atoms with Gasteiger partial charge in [-0.15, -0.1) is 0 Å². The Labute approximate surface area is 127 Å². The molecule has 0 radical (unpaired) electrons. The van der Waals surface area contributed by atoms with Crippen LogP contribution in [0.1, 0.15) is 12.5 Å². The van der Waals surface area contributed by atoms with E-state index in [0.29, 0.717) is 10.5 Å². The van der Waals surface area contributed by atoms with E-state index < -0.39 is 0 Å². The van der Waals surface area contributed by atoms with E-state index in [0.717, 1.165) is 28.9 Å². The molecule has 0 aliphatic rings. The summed E-state index contributed by atoms with van der Waals surface area (Å²) in [6, 6.07) is 5.82. The molecule has 0 spiro atoms. The van der Waals surface area contributed by atoms with Gasteiger partial charge in [-0.3, -0.25) is 9.67 Å². The Morgan fingerprint density at radius 1 is 1.38 bits per heavy atom. The van der Waals surface area contributed by atoms with Crippen LogP contribution in [-0.4, -0.2) is 24.7 Å². The number of aromatic nitrogens is 5. The van der Waals surface area contributed by atoms with Gasteiger partial charge >= 0.3 is 0 Å². The Morgan fingerprint density at radius 3 is 2.95 bits per heavy atom. The van der Waals surface area contributed by atoms with Gasteiger partial charge in [-0.25, -0.2) is 4.98 Å².